The monoisotopic (exact) mass is 452 g/mol. The lowest BCUT2D eigenvalue weighted by Crippen LogP contribution is -2.25. The average molecular weight is 455 g/mol. The molecule has 7 heteroatoms. The Balaban J connectivity index is 2.55. The molecule has 0 aliphatic heterocycles. The second-order valence-corrected chi connectivity index (χ2v) is 10.7. The summed E-state index contributed by atoms with van der Waals surface area (Å²) in [7, 11) is 0. The minimum atomic E-state index is -1.07. The Kier molecular flexibility index (Phi) is 4.27. The van der Waals surface area contributed by atoms with Gasteiger partial charge < -0.3 is 5.32 Å². The van der Waals surface area contributed by atoms with Crippen LogP contribution in [0.4, 0.5) is 10.1 Å². The number of aryl methyl sites for hydroxylation is 1. The fraction of sp³-hybridized carbons (Fsp3) is 0.167. The number of benzene rings is 1. The van der Waals surface area contributed by atoms with Crippen molar-refractivity contribution in [2.75, 3.05) is 5.32 Å². The summed E-state index contributed by atoms with van der Waals surface area (Å²) in [5.74, 6) is -0.775. The minimum Gasteiger partial charge on any atom is -0.323 e. The van der Waals surface area contributed by atoms with Crippen molar-refractivity contribution >= 4 is 70.3 Å². The topological polar surface area (TPSA) is 42.0 Å². The normalized spacial score (nSPS) is 11.6. The molecule has 1 aromatic heterocycles. The summed E-state index contributed by atoms with van der Waals surface area (Å²) in [5, 5.41) is 3.26. The molecule has 1 aromatic carbocycles. The van der Waals surface area contributed by atoms with Crippen LogP contribution < -0.4 is 5.32 Å². The van der Waals surface area contributed by atoms with E-state index in [9.17, 15) is 9.18 Å². The Labute approximate surface area is 134 Å². The number of alkyl halides is 3. The molecule has 0 aliphatic carbocycles. The number of halogens is 4. The van der Waals surface area contributed by atoms with Gasteiger partial charge in [-0.15, -0.1) is 0 Å². The maximum absolute atomic E-state index is 13.7. The van der Waals surface area contributed by atoms with Crippen molar-refractivity contribution in [2.24, 2.45) is 0 Å². The van der Waals surface area contributed by atoms with Crippen LogP contribution in [0.25, 0.3) is 10.9 Å². The zero-order valence-electron chi connectivity index (χ0n) is 9.68. The number of hydrogen-bond donors (Lipinski definition) is 1. The van der Waals surface area contributed by atoms with Gasteiger partial charge in [-0.25, -0.2) is 9.37 Å². The molecule has 1 amide bonds. The van der Waals surface area contributed by atoms with Gasteiger partial charge in [-0.05, 0) is 66.8 Å². The number of amides is 1. The number of pyridine rings is 1. The smallest absolute Gasteiger partial charge is 0.263 e. The Bertz CT molecular complexity index is 655. The van der Waals surface area contributed by atoms with E-state index < -0.39 is 7.96 Å². The molecule has 2 aromatic rings. The Morgan fingerprint density at radius 3 is 2.68 bits per heavy atom. The molecule has 0 saturated carbocycles. The van der Waals surface area contributed by atoms with Crippen LogP contribution in [0.15, 0.2) is 24.3 Å². The standard InChI is InChI=1S/C12H8Br3FN2O/c1-6-5-9(18-11(19)12(13,14)15)7-3-2-4-8(16)10(7)17-6/h2-5H,1H3,(H,17,18,19). The lowest BCUT2D eigenvalue weighted by atomic mass is 10.1. The summed E-state index contributed by atoms with van der Waals surface area (Å²) >= 11 is 9.39. The first kappa shape index (κ1) is 14.9. The second kappa shape index (κ2) is 5.46. The average Bonchev–Trinajstić information content (AvgIpc) is 2.29. The van der Waals surface area contributed by atoms with Gasteiger partial charge in [0.15, 0.2) is 0 Å². The number of carbonyl (C=O) groups excluding carboxylic acids is 1. The van der Waals surface area contributed by atoms with Crippen molar-refractivity contribution in [3.63, 3.8) is 0 Å². The molecule has 0 fully saturated rings. The first-order valence-electron chi connectivity index (χ1n) is 5.23. The summed E-state index contributed by atoms with van der Waals surface area (Å²) in [4.78, 5) is 16.1. The molecule has 1 N–H and O–H groups in total. The minimum absolute atomic E-state index is 0.238. The van der Waals surface area contributed by atoms with Gasteiger partial charge in [0.25, 0.3) is 5.91 Å². The van der Waals surface area contributed by atoms with E-state index >= 15 is 0 Å². The fourth-order valence-corrected chi connectivity index (χ4v) is 1.94. The number of rotatable bonds is 1. The zero-order chi connectivity index (χ0) is 14.2. The van der Waals surface area contributed by atoms with Gasteiger partial charge in [0.05, 0.1) is 5.69 Å². The van der Waals surface area contributed by atoms with Crippen molar-refractivity contribution in [2.45, 2.75) is 9.07 Å². The number of aromatic nitrogens is 1. The van der Waals surface area contributed by atoms with E-state index in [1.54, 1.807) is 25.1 Å². The van der Waals surface area contributed by atoms with Crippen LogP contribution in [0.3, 0.4) is 0 Å². The Morgan fingerprint density at radius 1 is 1.37 bits per heavy atom. The third-order valence-electron chi connectivity index (χ3n) is 2.42. The number of para-hydroxylation sites is 1. The number of hydrogen-bond acceptors (Lipinski definition) is 2. The van der Waals surface area contributed by atoms with Crippen molar-refractivity contribution in [1.82, 2.24) is 4.98 Å². The molecule has 0 atom stereocenters. The van der Waals surface area contributed by atoms with Gasteiger partial charge in [-0.2, -0.15) is 0 Å². The van der Waals surface area contributed by atoms with E-state index in [2.05, 4.69) is 58.1 Å². The van der Waals surface area contributed by atoms with Gasteiger partial charge in [-0.3, -0.25) is 4.79 Å². The second-order valence-electron chi connectivity index (χ2n) is 3.90. The van der Waals surface area contributed by atoms with Crippen molar-refractivity contribution in [1.29, 1.82) is 0 Å². The molecule has 0 aliphatic rings. The molecule has 100 valence electrons. The number of fused-ring (bicyclic) bond motifs is 1. The lowest BCUT2D eigenvalue weighted by molar-refractivity contribution is -0.114. The van der Waals surface area contributed by atoms with Crippen LogP contribution in [-0.4, -0.2) is 13.0 Å². The highest BCUT2D eigenvalue weighted by Gasteiger charge is 2.29. The number of nitrogens with one attached hydrogen (secondary N) is 1. The molecular formula is C12H8Br3FN2O. The van der Waals surface area contributed by atoms with E-state index in [1.165, 1.54) is 6.07 Å². The van der Waals surface area contributed by atoms with Crippen LogP contribution >= 0.6 is 47.8 Å². The molecule has 19 heavy (non-hydrogen) atoms. The highest BCUT2D eigenvalue weighted by molar-refractivity contribution is 9.40. The van der Waals surface area contributed by atoms with Gasteiger partial charge >= 0.3 is 0 Å². The summed E-state index contributed by atoms with van der Waals surface area (Å²) in [6.45, 7) is 1.74. The van der Waals surface area contributed by atoms with Crippen molar-refractivity contribution < 1.29 is 9.18 Å². The SMILES string of the molecule is Cc1cc(NC(=O)C(Br)(Br)Br)c2cccc(F)c2n1. The number of anilines is 1. The van der Waals surface area contributed by atoms with Crippen molar-refractivity contribution in [3.8, 4) is 0 Å². The molecule has 1 heterocycles. The van der Waals surface area contributed by atoms with Gasteiger partial charge in [0, 0.05) is 11.1 Å². The highest BCUT2D eigenvalue weighted by atomic mass is 80.0. The van der Waals surface area contributed by atoms with E-state index in [1.807, 2.05) is 0 Å². The Morgan fingerprint density at radius 2 is 2.05 bits per heavy atom. The van der Waals surface area contributed by atoms with E-state index in [0.29, 0.717) is 16.8 Å². The van der Waals surface area contributed by atoms with Crippen molar-refractivity contribution in [3.05, 3.63) is 35.8 Å². The number of nitrogens with zero attached hydrogens (tertiary/aromatic N) is 1. The summed E-state index contributed by atoms with van der Waals surface area (Å²) < 4.78 is 12.6. The van der Waals surface area contributed by atoms with Crippen LogP contribution in [0.1, 0.15) is 5.69 Å². The van der Waals surface area contributed by atoms with Crippen LogP contribution in [0.5, 0.6) is 0 Å². The zero-order valence-corrected chi connectivity index (χ0v) is 14.4. The summed E-state index contributed by atoms with van der Waals surface area (Å²) in [6, 6.07) is 6.31. The quantitative estimate of drug-likeness (QED) is 0.646. The molecule has 2 rings (SSSR count). The molecular weight excluding hydrogens is 447 g/mol. The summed E-state index contributed by atoms with van der Waals surface area (Å²) in [6.07, 6.45) is 0. The first-order valence-corrected chi connectivity index (χ1v) is 7.61. The largest absolute Gasteiger partial charge is 0.323 e. The molecule has 3 nitrogen and oxygen atoms in total. The van der Waals surface area contributed by atoms with Crippen LogP contribution in [0, 0.1) is 12.7 Å². The van der Waals surface area contributed by atoms with Gasteiger partial charge in [0.2, 0.25) is 2.14 Å². The van der Waals surface area contributed by atoms with Crippen LogP contribution in [0.2, 0.25) is 0 Å². The molecule has 0 saturated heterocycles. The molecule has 0 bridgehead atoms. The number of carbonyl (C=O) groups is 1. The third-order valence-corrected chi connectivity index (χ3v) is 3.50. The van der Waals surface area contributed by atoms with E-state index in [4.69, 9.17) is 0 Å². The predicted molar refractivity (Wildman–Crippen MR) is 84.6 cm³/mol. The van der Waals surface area contributed by atoms with E-state index in [-0.39, 0.29) is 11.4 Å². The highest BCUT2D eigenvalue weighted by Crippen LogP contribution is 2.35. The third kappa shape index (κ3) is 3.32. The summed E-state index contributed by atoms with van der Waals surface area (Å²) in [5.41, 5.74) is 1.37. The maximum atomic E-state index is 13.7. The fourth-order valence-electron chi connectivity index (χ4n) is 1.64. The van der Waals surface area contributed by atoms with Crippen LogP contribution in [-0.2, 0) is 4.79 Å². The lowest BCUT2D eigenvalue weighted by Gasteiger charge is -2.14. The first-order chi connectivity index (χ1) is 8.79. The molecule has 0 unspecified atom stereocenters. The van der Waals surface area contributed by atoms with Gasteiger partial charge in [-0.1, -0.05) is 12.1 Å². The Hall–Kier alpha value is -0.530. The maximum Gasteiger partial charge on any atom is 0.263 e. The van der Waals surface area contributed by atoms with E-state index in [0.717, 1.165) is 0 Å². The molecule has 0 radical (unpaired) electrons. The van der Waals surface area contributed by atoms with Gasteiger partial charge in [0.1, 0.15) is 11.3 Å². The predicted octanol–water partition coefficient (Wildman–Crippen LogP) is 4.46. The molecule has 0 spiro atoms.